The minimum atomic E-state index is -0.645. The average molecular weight is 334 g/mol. The summed E-state index contributed by atoms with van der Waals surface area (Å²) in [5.41, 5.74) is 0.145. The molecule has 134 valence electrons. The summed E-state index contributed by atoms with van der Waals surface area (Å²) in [7, 11) is 0. The lowest BCUT2D eigenvalue weighted by Gasteiger charge is -2.35. The molecule has 1 aliphatic heterocycles. The molecule has 0 radical (unpaired) electrons. The number of carbonyl (C=O) groups is 1. The molecule has 1 aromatic rings. The van der Waals surface area contributed by atoms with E-state index in [2.05, 4.69) is 17.4 Å². The molecule has 0 saturated carbocycles. The van der Waals surface area contributed by atoms with Crippen molar-refractivity contribution in [1.82, 2.24) is 10.2 Å². The second-order valence-electron chi connectivity index (χ2n) is 7.70. The Morgan fingerprint density at radius 3 is 2.62 bits per heavy atom. The number of nitrogens with zero attached hydrogens (tertiary/aromatic N) is 1. The van der Waals surface area contributed by atoms with Crippen LogP contribution in [0, 0.1) is 0 Å². The van der Waals surface area contributed by atoms with E-state index in [4.69, 9.17) is 9.47 Å². The van der Waals surface area contributed by atoms with Gasteiger partial charge >= 0.3 is 6.09 Å². The zero-order valence-corrected chi connectivity index (χ0v) is 15.5. The summed E-state index contributed by atoms with van der Waals surface area (Å²) < 4.78 is 11.3. The topological polar surface area (TPSA) is 50.8 Å². The third-order valence-electron chi connectivity index (χ3n) is 3.98. The molecule has 1 fully saturated rings. The quantitative estimate of drug-likeness (QED) is 0.840. The summed E-state index contributed by atoms with van der Waals surface area (Å²) in [6.45, 7) is 11.5. The van der Waals surface area contributed by atoms with Crippen molar-refractivity contribution in [1.29, 1.82) is 0 Å². The molecule has 1 aliphatic rings. The number of ether oxygens (including phenoxy) is 2. The smallest absolute Gasteiger partial charge is 0.412 e. The lowest BCUT2D eigenvalue weighted by Crippen LogP contribution is -2.52. The molecule has 1 atom stereocenters. The van der Waals surface area contributed by atoms with Gasteiger partial charge in [-0.1, -0.05) is 30.3 Å². The van der Waals surface area contributed by atoms with Gasteiger partial charge in [-0.05, 0) is 53.1 Å². The summed E-state index contributed by atoms with van der Waals surface area (Å²) in [6, 6.07) is 10.3. The number of carbonyl (C=O) groups excluding carboxylic acids is 1. The predicted octanol–water partition coefficient (Wildman–Crippen LogP) is 3.19. The van der Waals surface area contributed by atoms with Gasteiger partial charge < -0.3 is 14.8 Å². The highest BCUT2D eigenvalue weighted by Gasteiger charge is 2.45. The Labute approximate surface area is 145 Å². The van der Waals surface area contributed by atoms with E-state index in [0.29, 0.717) is 13.2 Å². The number of rotatable bonds is 5. The first-order valence-electron chi connectivity index (χ1n) is 8.60. The molecule has 0 bridgehead atoms. The van der Waals surface area contributed by atoms with Crippen molar-refractivity contribution >= 4 is 6.09 Å². The van der Waals surface area contributed by atoms with E-state index in [9.17, 15) is 4.79 Å². The Morgan fingerprint density at radius 2 is 2.00 bits per heavy atom. The first kappa shape index (κ1) is 18.7. The Hall–Kier alpha value is -1.59. The van der Waals surface area contributed by atoms with Crippen LogP contribution in [0.2, 0.25) is 0 Å². The van der Waals surface area contributed by atoms with Crippen molar-refractivity contribution in [3.05, 3.63) is 35.9 Å². The third-order valence-corrected chi connectivity index (χ3v) is 3.98. The molecule has 1 N–H and O–H groups in total. The molecule has 5 nitrogen and oxygen atoms in total. The minimum absolute atomic E-state index is 0.0226. The van der Waals surface area contributed by atoms with Crippen molar-refractivity contribution in [2.75, 3.05) is 19.7 Å². The van der Waals surface area contributed by atoms with Crippen LogP contribution in [0.3, 0.4) is 0 Å². The summed E-state index contributed by atoms with van der Waals surface area (Å²) in [5.74, 6) is 0. The first-order chi connectivity index (χ1) is 11.2. The number of benzene rings is 1. The van der Waals surface area contributed by atoms with E-state index in [1.807, 2.05) is 52.8 Å². The molecule has 0 aromatic heterocycles. The van der Waals surface area contributed by atoms with Gasteiger partial charge in [0.05, 0.1) is 12.6 Å². The number of nitrogens with one attached hydrogen (secondary N) is 1. The van der Waals surface area contributed by atoms with E-state index in [1.165, 1.54) is 5.56 Å². The summed E-state index contributed by atoms with van der Waals surface area (Å²) in [5, 5.41) is 3.43. The van der Waals surface area contributed by atoms with Crippen LogP contribution in [0.15, 0.2) is 30.3 Å². The SMILES string of the molecule is CC(C)(C)OC(=O)N1C(CNCCc2ccccc2)COC1(C)C. The molecule has 1 aromatic carbocycles. The molecule has 0 aliphatic carbocycles. The summed E-state index contributed by atoms with van der Waals surface area (Å²) in [4.78, 5) is 14.3. The molecule has 1 amide bonds. The van der Waals surface area contributed by atoms with Gasteiger partial charge in [-0.3, -0.25) is 4.90 Å². The van der Waals surface area contributed by atoms with Gasteiger partial charge in [0.1, 0.15) is 11.3 Å². The van der Waals surface area contributed by atoms with Crippen molar-refractivity contribution in [3.8, 4) is 0 Å². The molecule has 2 rings (SSSR count). The zero-order valence-electron chi connectivity index (χ0n) is 15.5. The Kier molecular flexibility index (Phi) is 5.88. The van der Waals surface area contributed by atoms with Gasteiger partial charge in [-0.25, -0.2) is 4.79 Å². The van der Waals surface area contributed by atoms with Gasteiger partial charge in [-0.15, -0.1) is 0 Å². The van der Waals surface area contributed by atoms with Crippen molar-refractivity contribution in [3.63, 3.8) is 0 Å². The summed E-state index contributed by atoms with van der Waals surface area (Å²) in [6.07, 6.45) is 0.643. The lowest BCUT2D eigenvalue weighted by atomic mass is 10.1. The molecule has 24 heavy (non-hydrogen) atoms. The largest absolute Gasteiger partial charge is 0.444 e. The van der Waals surface area contributed by atoms with E-state index < -0.39 is 11.3 Å². The maximum absolute atomic E-state index is 12.5. The van der Waals surface area contributed by atoms with Crippen LogP contribution < -0.4 is 5.32 Å². The van der Waals surface area contributed by atoms with Crippen LogP contribution in [0.1, 0.15) is 40.2 Å². The van der Waals surface area contributed by atoms with Crippen molar-refractivity contribution in [2.24, 2.45) is 0 Å². The van der Waals surface area contributed by atoms with Gasteiger partial charge in [-0.2, -0.15) is 0 Å². The van der Waals surface area contributed by atoms with Gasteiger partial charge in [0, 0.05) is 6.54 Å². The lowest BCUT2D eigenvalue weighted by molar-refractivity contribution is -0.0623. The van der Waals surface area contributed by atoms with Gasteiger partial charge in [0.2, 0.25) is 0 Å². The normalized spacial score (nSPS) is 20.2. The standard InChI is InChI=1S/C19H30N2O3/c1-18(2,3)24-17(22)21-16(14-23-19(21,4)5)13-20-12-11-15-9-7-6-8-10-15/h6-10,16,20H,11-14H2,1-5H3. The van der Waals surface area contributed by atoms with Crippen LogP contribution in [-0.4, -0.2) is 48.1 Å². The molecule has 0 spiro atoms. The maximum atomic E-state index is 12.5. The second kappa shape index (κ2) is 7.53. The monoisotopic (exact) mass is 334 g/mol. The number of amides is 1. The van der Waals surface area contributed by atoms with Crippen molar-refractivity contribution < 1.29 is 14.3 Å². The fourth-order valence-corrected chi connectivity index (χ4v) is 2.86. The van der Waals surface area contributed by atoms with Crippen LogP contribution in [-0.2, 0) is 15.9 Å². The van der Waals surface area contributed by atoms with E-state index in [0.717, 1.165) is 13.0 Å². The Balaban J connectivity index is 1.87. The van der Waals surface area contributed by atoms with Crippen LogP contribution in [0.5, 0.6) is 0 Å². The predicted molar refractivity (Wildman–Crippen MR) is 94.9 cm³/mol. The third kappa shape index (κ3) is 5.21. The number of hydrogen-bond donors (Lipinski definition) is 1. The molecular weight excluding hydrogens is 304 g/mol. The highest BCUT2D eigenvalue weighted by Crippen LogP contribution is 2.29. The molecule has 5 heteroatoms. The molecular formula is C19H30N2O3. The Morgan fingerprint density at radius 1 is 1.33 bits per heavy atom. The van der Waals surface area contributed by atoms with Crippen molar-refractivity contribution in [2.45, 2.75) is 58.4 Å². The van der Waals surface area contributed by atoms with E-state index >= 15 is 0 Å². The fraction of sp³-hybridized carbons (Fsp3) is 0.632. The van der Waals surface area contributed by atoms with E-state index in [1.54, 1.807) is 4.90 Å². The average Bonchev–Trinajstić information content (AvgIpc) is 2.78. The molecule has 1 saturated heterocycles. The van der Waals surface area contributed by atoms with Gasteiger partial charge in [0.25, 0.3) is 0 Å². The number of hydrogen-bond acceptors (Lipinski definition) is 4. The zero-order chi connectivity index (χ0) is 17.8. The van der Waals surface area contributed by atoms with Crippen LogP contribution in [0.25, 0.3) is 0 Å². The fourth-order valence-electron chi connectivity index (χ4n) is 2.86. The maximum Gasteiger partial charge on any atom is 0.412 e. The van der Waals surface area contributed by atoms with Crippen LogP contribution in [0.4, 0.5) is 4.79 Å². The van der Waals surface area contributed by atoms with E-state index in [-0.39, 0.29) is 12.1 Å². The minimum Gasteiger partial charge on any atom is -0.444 e. The molecule has 1 heterocycles. The van der Waals surface area contributed by atoms with Crippen LogP contribution >= 0.6 is 0 Å². The second-order valence-corrected chi connectivity index (χ2v) is 7.70. The molecule has 1 unspecified atom stereocenters. The summed E-state index contributed by atoms with van der Waals surface area (Å²) >= 11 is 0. The first-order valence-corrected chi connectivity index (χ1v) is 8.60. The Bertz CT molecular complexity index is 537. The highest BCUT2D eigenvalue weighted by atomic mass is 16.6. The van der Waals surface area contributed by atoms with Gasteiger partial charge in [0.15, 0.2) is 0 Å². The highest BCUT2D eigenvalue weighted by molar-refractivity contribution is 5.69.